The number of anilines is 1. The van der Waals surface area contributed by atoms with Crippen molar-refractivity contribution in [1.82, 2.24) is 4.98 Å². The van der Waals surface area contributed by atoms with Crippen LogP contribution in [0.3, 0.4) is 0 Å². The Kier molecular flexibility index (Phi) is 4.57. The number of methoxy groups -OCH3 is 1. The molecule has 20 heavy (non-hydrogen) atoms. The minimum Gasteiger partial charge on any atom is -0.478 e. The van der Waals surface area contributed by atoms with Crippen LogP contribution in [0.25, 0.3) is 10.9 Å². The maximum atomic E-state index is 11.3. The fourth-order valence-electron chi connectivity index (χ4n) is 1.85. The molecule has 0 spiro atoms. The fraction of sp³-hybridized carbons (Fsp3) is 0.286. The van der Waals surface area contributed by atoms with Crippen LogP contribution >= 0.6 is 15.9 Å². The van der Waals surface area contributed by atoms with E-state index in [-0.39, 0.29) is 11.7 Å². The topological polar surface area (TPSA) is 71.5 Å². The Labute approximate surface area is 125 Å². The van der Waals surface area contributed by atoms with Gasteiger partial charge in [0.2, 0.25) is 0 Å². The van der Waals surface area contributed by atoms with Crippen molar-refractivity contribution in [2.45, 2.75) is 13.0 Å². The van der Waals surface area contributed by atoms with Gasteiger partial charge < -0.3 is 15.2 Å². The summed E-state index contributed by atoms with van der Waals surface area (Å²) < 4.78 is 6.05. The Morgan fingerprint density at radius 2 is 2.30 bits per heavy atom. The summed E-state index contributed by atoms with van der Waals surface area (Å²) >= 11 is 3.39. The zero-order chi connectivity index (χ0) is 14.7. The number of benzene rings is 1. The third-order valence-corrected chi connectivity index (χ3v) is 3.52. The van der Waals surface area contributed by atoms with Crippen molar-refractivity contribution in [3.63, 3.8) is 0 Å². The predicted octanol–water partition coefficient (Wildman–Crippen LogP) is 3.14. The van der Waals surface area contributed by atoms with Crippen LogP contribution in [0.15, 0.2) is 28.9 Å². The maximum Gasteiger partial charge on any atom is 0.339 e. The van der Waals surface area contributed by atoms with Crippen molar-refractivity contribution in [3.8, 4) is 0 Å². The van der Waals surface area contributed by atoms with Crippen LogP contribution in [0, 0.1) is 0 Å². The normalized spacial score (nSPS) is 12.3. The maximum absolute atomic E-state index is 11.3. The number of carbonyl (C=O) groups is 1. The molecule has 0 amide bonds. The Morgan fingerprint density at radius 3 is 2.95 bits per heavy atom. The number of nitrogens with zero attached hydrogens (tertiary/aromatic N) is 1. The zero-order valence-corrected chi connectivity index (χ0v) is 12.8. The van der Waals surface area contributed by atoms with Crippen LogP contribution in [0.5, 0.6) is 0 Å². The van der Waals surface area contributed by atoms with Crippen LogP contribution in [0.2, 0.25) is 0 Å². The minimum atomic E-state index is -1.01. The van der Waals surface area contributed by atoms with Gasteiger partial charge >= 0.3 is 5.97 Å². The summed E-state index contributed by atoms with van der Waals surface area (Å²) in [7, 11) is 1.62. The van der Waals surface area contributed by atoms with Gasteiger partial charge in [-0.15, -0.1) is 0 Å². The second-order valence-corrected chi connectivity index (χ2v) is 5.36. The van der Waals surface area contributed by atoms with Gasteiger partial charge in [0.25, 0.3) is 0 Å². The van der Waals surface area contributed by atoms with Gasteiger partial charge in [-0.05, 0) is 25.1 Å². The highest BCUT2D eigenvalue weighted by Crippen LogP contribution is 2.28. The predicted molar refractivity (Wildman–Crippen MR) is 81.4 cm³/mol. The largest absolute Gasteiger partial charge is 0.478 e. The Balaban J connectivity index is 2.52. The third-order valence-electron chi connectivity index (χ3n) is 3.03. The molecule has 0 fully saturated rings. The standard InChI is InChI=1S/C14H15BrN2O3/c1-8(20-2)6-17-13-10-5-9(15)3-4-12(10)16-7-11(13)14(18)19/h3-5,7-8H,6H2,1-2H3,(H,16,17)(H,18,19)/t8-/m1/s1. The second-order valence-electron chi connectivity index (χ2n) is 4.44. The molecule has 0 unspecified atom stereocenters. The van der Waals surface area contributed by atoms with Crippen molar-refractivity contribution in [3.05, 3.63) is 34.4 Å². The van der Waals surface area contributed by atoms with Gasteiger partial charge in [-0.1, -0.05) is 15.9 Å². The molecule has 0 radical (unpaired) electrons. The molecule has 1 aromatic heterocycles. The SMILES string of the molecule is CO[C@H](C)CNc1c(C(=O)O)cnc2ccc(Br)cc12. The molecule has 106 valence electrons. The van der Waals surface area contributed by atoms with Crippen molar-refractivity contribution in [1.29, 1.82) is 0 Å². The Morgan fingerprint density at radius 1 is 1.55 bits per heavy atom. The van der Waals surface area contributed by atoms with Crippen molar-refractivity contribution in [2.24, 2.45) is 0 Å². The molecule has 1 heterocycles. The van der Waals surface area contributed by atoms with E-state index in [1.165, 1.54) is 6.20 Å². The van der Waals surface area contributed by atoms with Gasteiger partial charge in [0.15, 0.2) is 0 Å². The number of hydrogen-bond acceptors (Lipinski definition) is 4. The van der Waals surface area contributed by atoms with Gasteiger partial charge in [-0.2, -0.15) is 0 Å². The molecule has 2 rings (SSSR count). The quantitative estimate of drug-likeness (QED) is 0.876. The zero-order valence-electron chi connectivity index (χ0n) is 11.2. The van der Waals surface area contributed by atoms with Crippen LogP contribution < -0.4 is 5.32 Å². The highest BCUT2D eigenvalue weighted by molar-refractivity contribution is 9.10. The first-order chi connectivity index (χ1) is 9.52. The number of carboxylic acids is 1. The molecule has 0 saturated heterocycles. The molecule has 0 saturated carbocycles. The lowest BCUT2D eigenvalue weighted by molar-refractivity contribution is 0.0697. The number of hydrogen-bond donors (Lipinski definition) is 2. The highest BCUT2D eigenvalue weighted by atomic mass is 79.9. The van der Waals surface area contributed by atoms with E-state index in [0.29, 0.717) is 12.2 Å². The van der Waals surface area contributed by atoms with Gasteiger partial charge in [0.1, 0.15) is 5.56 Å². The average molecular weight is 339 g/mol. The van der Waals surface area contributed by atoms with Crippen LogP contribution in [0.4, 0.5) is 5.69 Å². The first-order valence-electron chi connectivity index (χ1n) is 6.11. The summed E-state index contributed by atoms with van der Waals surface area (Å²) in [5.41, 5.74) is 1.46. The highest BCUT2D eigenvalue weighted by Gasteiger charge is 2.15. The van der Waals surface area contributed by atoms with Gasteiger partial charge in [0, 0.05) is 29.7 Å². The minimum absolute atomic E-state index is 0.0213. The number of rotatable bonds is 5. The number of carboxylic acid groups (broad SMARTS) is 1. The molecule has 2 aromatic rings. The van der Waals surface area contributed by atoms with Crippen molar-refractivity contribution >= 4 is 38.5 Å². The van der Waals surface area contributed by atoms with Crippen LogP contribution in [0.1, 0.15) is 17.3 Å². The molecule has 2 N–H and O–H groups in total. The monoisotopic (exact) mass is 338 g/mol. The third kappa shape index (κ3) is 3.08. The number of aromatic carboxylic acids is 1. The lowest BCUT2D eigenvalue weighted by atomic mass is 10.1. The van der Waals surface area contributed by atoms with E-state index in [1.807, 2.05) is 25.1 Å². The van der Waals surface area contributed by atoms with E-state index in [9.17, 15) is 9.90 Å². The lowest BCUT2D eigenvalue weighted by Gasteiger charge is -2.15. The Bertz CT molecular complexity index is 646. The summed E-state index contributed by atoms with van der Waals surface area (Å²) in [6.07, 6.45) is 1.35. The average Bonchev–Trinajstić information content (AvgIpc) is 2.43. The van der Waals surface area contributed by atoms with E-state index in [4.69, 9.17) is 4.74 Å². The molecule has 0 bridgehead atoms. The first kappa shape index (κ1) is 14.7. The fourth-order valence-corrected chi connectivity index (χ4v) is 2.21. The molecule has 0 aliphatic heterocycles. The summed E-state index contributed by atoms with van der Waals surface area (Å²) in [5.74, 6) is -1.01. The van der Waals surface area contributed by atoms with Gasteiger partial charge in [-0.25, -0.2) is 4.79 Å². The van der Waals surface area contributed by atoms with Crippen LogP contribution in [-0.4, -0.2) is 35.8 Å². The molecule has 5 nitrogen and oxygen atoms in total. The molecule has 6 heteroatoms. The van der Waals surface area contributed by atoms with E-state index >= 15 is 0 Å². The van der Waals surface area contributed by atoms with E-state index < -0.39 is 5.97 Å². The summed E-state index contributed by atoms with van der Waals surface area (Å²) in [6.45, 7) is 2.43. The summed E-state index contributed by atoms with van der Waals surface area (Å²) in [6, 6.07) is 5.57. The Hall–Kier alpha value is -1.66. The van der Waals surface area contributed by atoms with Gasteiger partial charge in [0.05, 0.1) is 17.3 Å². The molecule has 0 aliphatic carbocycles. The number of fused-ring (bicyclic) bond motifs is 1. The molecule has 1 aromatic carbocycles. The number of nitrogens with one attached hydrogen (secondary N) is 1. The van der Waals surface area contributed by atoms with Gasteiger partial charge in [-0.3, -0.25) is 4.98 Å². The summed E-state index contributed by atoms with van der Waals surface area (Å²) in [5, 5.41) is 13.2. The van der Waals surface area contributed by atoms with E-state index in [0.717, 1.165) is 15.4 Å². The number of aromatic nitrogens is 1. The van der Waals surface area contributed by atoms with E-state index in [2.05, 4.69) is 26.2 Å². The number of ether oxygens (including phenoxy) is 1. The second kappa shape index (κ2) is 6.19. The van der Waals surface area contributed by atoms with Crippen molar-refractivity contribution in [2.75, 3.05) is 19.0 Å². The molecule has 1 atom stereocenters. The van der Waals surface area contributed by atoms with E-state index in [1.54, 1.807) is 7.11 Å². The smallest absolute Gasteiger partial charge is 0.339 e. The van der Waals surface area contributed by atoms with Crippen LogP contribution in [-0.2, 0) is 4.74 Å². The molecule has 0 aliphatic rings. The molecular formula is C14H15BrN2O3. The number of pyridine rings is 1. The summed E-state index contributed by atoms with van der Waals surface area (Å²) in [4.78, 5) is 15.5. The number of halogens is 1. The van der Waals surface area contributed by atoms with Crippen molar-refractivity contribution < 1.29 is 14.6 Å². The lowest BCUT2D eigenvalue weighted by Crippen LogP contribution is -2.19. The molecular weight excluding hydrogens is 324 g/mol. The first-order valence-corrected chi connectivity index (χ1v) is 6.90.